The molecular formula is C30H25BrClN3O2. The topological polar surface area (TPSA) is 56.5 Å². The maximum Gasteiger partial charge on any atom is 0.282 e. The number of nitrogens with zero attached hydrogens (tertiary/aromatic N) is 3. The first-order valence-corrected chi connectivity index (χ1v) is 13.3. The fraction of sp³-hybridized carbons (Fsp3) is 0.167. The van der Waals surface area contributed by atoms with E-state index in [4.69, 9.17) is 21.3 Å². The summed E-state index contributed by atoms with van der Waals surface area (Å²) in [5, 5.41) is 7.95. The Labute approximate surface area is 228 Å². The van der Waals surface area contributed by atoms with Crippen LogP contribution in [0.4, 0.5) is 0 Å². The molecule has 1 heterocycles. The van der Waals surface area contributed by atoms with Crippen molar-refractivity contribution >= 4 is 55.4 Å². The average molecular weight is 575 g/mol. The zero-order chi connectivity index (χ0) is 25.8. The molecule has 0 amide bonds. The van der Waals surface area contributed by atoms with Crippen LogP contribution in [-0.4, -0.2) is 15.9 Å². The van der Waals surface area contributed by atoms with Gasteiger partial charge >= 0.3 is 0 Å². The molecule has 5 aromatic rings. The monoisotopic (exact) mass is 573 g/mol. The molecule has 5 nitrogen and oxygen atoms in total. The van der Waals surface area contributed by atoms with Crippen molar-refractivity contribution in [3.05, 3.63) is 116 Å². The van der Waals surface area contributed by atoms with Crippen LogP contribution in [0.25, 0.3) is 21.7 Å². The van der Waals surface area contributed by atoms with Crippen molar-refractivity contribution in [1.82, 2.24) is 9.66 Å². The standard InChI is InChI=1S/C30H25BrClN3O2/c1-2-3-11-29-34-27-14-12-23(31)17-26(27)30(36)35(29)33-18-22-16-24(32)13-15-28(22)37-19-21-9-6-8-20-7-4-5-10-25(20)21/h4-10,12-18H,2-3,11,19H2,1H3. The number of benzene rings is 4. The Morgan fingerprint density at radius 3 is 2.73 bits per heavy atom. The summed E-state index contributed by atoms with van der Waals surface area (Å²) in [7, 11) is 0. The Bertz CT molecular complexity index is 1670. The summed E-state index contributed by atoms with van der Waals surface area (Å²) in [6, 6.07) is 25.3. The van der Waals surface area contributed by atoms with Crippen LogP contribution in [0.3, 0.4) is 0 Å². The SMILES string of the molecule is CCCCc1nc2ccc(Br)cc2c(=O)n1N=Cc1cc(Cl)ccc1OCc1cccc2ccccc12. The molecule has 0 unspecified atom stereocenters. The molecule has 4 aromatic carbocycles. The molecule has 0 fully saturated rings. The lowest BCUT2D eigenvalue weighted by atomic mass is 10.1. The van der Waals surface area contributed by atoms with Gasteiger partial charge in [0.05, 0.1) is 17.1 Å². The molecule has 0 saturated heterocycles. The first-order valence-electron chi connectivity index (χ1n) is 12.2. The highest BCUT2D eigenvalue weighted by atomic mass is 79.9. The molecule has 0 aliphatic rings. The zero-order valence-electron chi connectivity index (χ0n) is 20.3. The Morgan fingerprint density at radius 2 is 1.86 bits per heavy atom. The van der Waals surface area contributed by atoms with Crippen molar-refractivity contribution in [2.45, 2.75) is 32.8 Å². The van der Waals surface area contributed by atoms with Crippen molar-refractivity contribution in [2.24, 2.45) is 5.10 Å². The highest BCUT2D eigenvalue weighted by Gasteiger charge is 2.12. The summed E-state index contributed by atoms with van der Waals surface area (Å²) in [4.78, 5) is 18.1. The minimum Gasteiger partial charge on any atom is -0.488 e. The van der Waals surface area contributed by atoms with Crippen LogP contribution >= 0.6 is 27.5 Å². The number of ether oxygens (including phenoxy) is 1. The molecule has 0 aliphatic heterocycles. The Hall–Kier alpha value is -3.48. The Morgan fingerprint density at radius 1 is 1.03 bits per heavy atom. The second kappa shape index (κ2) is 11.3. The van der Waals surface area contributed by atoms with Gasteiger partial charge in [-0.25, -0.2) is 4.98 Å². The molecule has 0 N–H and O–H groups in total. The van der Waals surface area contributed by atoms with E-state index in [1.807, 2.05) is 36.4 Å². The number of fused-ring (bicyclic) bond motifs is 2. The number of rotatable bonds is 8. The predicted molar refractivity (Wildman–Crippen MR) is 155 cm³/mol. The number of halogens is 2. The number of hydrogen-bond donors (Lipinski definition) is 0. The second-order valence-electron chi connectivity index (χ2n) is 8.76. The highest BCUT2D eigenvalue weighted by Crippen LogP contribution is 2.25. The predicted octanol–water partition coefficient (Wildman–Crippen LogP) is 7.77. The lowest BCUT2D eigenvalue weighted by Gasteiger charge is -2.12. The number of aromatic nitrogens is 2. The molecule has 5 rings (SSSR count). The lowest BCUT2D eigenvalue weighted by Crippen LogP contribution is -2.22. The molecule has 1 aromatic heterocycles. The van der Waals surface area contributed by atoms with Crippen LogP contribution in [0, 0.1) is 0 Å². The Balaban J connectivity index is 1.51. The van der Waals surface area contributed by atoms with Crippen LogP contribution in [-0.2, 0) is 13.0 Å². The van der Waals surface area contributed by atoms with Crippen molar-refractivity contribution < 1.29 is 4.74 Å². The van der Waals surface area contributed by atoms with Crippen molar-refractivity contribution in [1.29, 1.82) is 0 Å². The van der Waals surface area contributed by atoms with E-state index in [9.17, 15) is 4.79 Å². The van der Waals surface area contributed by atoms with Gasteiger partial charge in [-0.05, 0) is 59.2 Å². The maximum absolute atomic E-state index is 13.4. The average Bonchev–Trinajstić information content (AvgIpc) is 2.91. The van der Waals surface area contributed by atoms with Gasteiger partial charge in [-0.2, -0.15) is 9.78 Å². The third-order valence-electron chi connectivity index (χ3n) is 6.18. The first kappa shape index (κ1) is 25.2. The van der Waals surface area contributed by atoms with E-state index < -0.39 is 0 Å². The van der Waals surface area contributed by atoms with Gasteiger partial charge in [0.15, 0.2) is 0 Å². The van der Waals surface area contributed by atoms with E-state index in [1.54, 1.807) is 24.4 Å². The largest absolute Gasteiger partial charge is 0.488 e. The number of aryl methyl sites for hydroxylation is 1. The minimum absolute atomic E-state index is 0.214. The summed E-state index contributed by atoms with van der Waals surface area (Å²) in [5.74, 6) is 1.25. The molecular weight excluding hydrogens is 550 g/mol. The van der Waals surface area contributed by atoms with E-state index in [2.05, 4.69) is 52.2 Å². The summed E-state index contributed by atoms with van der Waals surface area (Å²) in [6.45, 7) is 2.49. The molecule has 0 saturated carbocycles. The van der Waals surface area contributed by atoms with Gasteiger partial charge in [0.2, 0.25) is 0 Å². The maximum atomic E-state index is 13.4. The van der Waals surface area contributed by atoms with Gasteiger partial charge in [-0.1, -0.05) is 83.3 Å². The minimum atomic E-state index is -0.214. The smallest absolute Gasteiger partial charge is 0.282 e. The van der Waals surface area contributed by atoms with Crippen LogP contribution in [0.15, 0.2) is 93.2 Å². The van der Waals surface area contributed by atoms with E-state index in [0.29, 0.717) is 46.1 Å². The number of hydrogen-bond acceptors (Lipinski definition) is 4. The normalized spacial score (nSPS) is 11.5. The van der Waals surface area contributed by atoms with Gasteiger partial charge in [0, 0.05) is 21.5 Å². The second-order valence-corrected chi connectivity index (χ2v) is 10.1. The van der Waals surface area contributed by atoms with Crippen molar-refractivity contribution in [3.8, 4) is 5.75 Å². The van der Waals surface area contributed by atoms with Gasteiger partial charge in [-0.15, -0.1) is 0 Å². The zero-order valence-corrected chi connectivity index (χ0v) is 22.7. The third kappa shape index (κ3) is 5.60. The Kier molecular flexibility index (Phi) is 7.68. The highest BCUT2D eigenvalue weighted by molar-refractivity contribution is 9.10. The van der Waals surface area contributed by atoms with Crippen LogP contribution in [0.5, 0.6) is 5.75 Å². The molecule has 37 heavy (non-hydrogen) atoms. The van der Waals surface area contributed by atoms with E-state index in [-0.39, 0.29) is 5.56 Å². The number of unbranched alkanes of at least 4 members (excludes halogenated alkanes) is 1. The summed E-state index contributed by atoms with van der Waals surface area (Å²) >= 11 is 9.77. The van der Waals surface area contributed by atoms with Crippen molar-refractivity contribution in [2.75, 3.05) is 0 Å². The fourth-order valence-corrected chi connectivity index (χ4v) is 4.80. The molecule has 0 spiro atoms. The van der Waals surface area contributed by atoms with Gasteiger partial charge < -0.3 is 4.74 Å². The summed E-state index contributed by atoms with van der Waals surface area (Å²) < 4.78 is 8.43. The fourth-order valence-electron chi connectivity index (χ4n) is 4.26. The third-order valence-corrected chi connectivity index (χ3v) is 6.90. The van der Waals surface area contributed by atoms with E-state index in [1.165, 1.54) is 4.68 Å². The van der Waals surface area contributed by atoms with Gasteiger partial charge in [-0.3, -0.25) is 4.79 Å². The molecule has 7 heteroatoms. The molecule has 0 atom stereocenters. The lowest BCUT2D eigenvalue weighted by molar-refractivity contribution is 0.307. The van der Waals surface area contributed by atoms with Crippen LogP contribution in [0.1, 0.15) is 36.7 Å². The molecule has 0 radical (unpaired) electrons. The van der Waals surface area contributed by atoms with Gasteiger partial charge in [0.1, 0.15) is 18.2 Å². The van der Waals surface area contributed by atoms with E-state index >= 15 is 0 Å². The molecule has 186 valence electrons. The van der Waals surface area contributed by atoms with E-state index in [0.717, 1.165) is 33.7 Å². The van der Waals surface area contributed by atoms with Crippen LogP contribution in [0.2, 0.25) is 5.02 Å². The quantitative estimate of drug-likeness (QED) is 0.178. The van der Waals surface area contributed by atoms with Crippen LogP contribution < -0.4 is 10.3 Å². The molecule has 0 bridgehead atoms. The van der Waals surface area contributed by atoms with Crippen molar-refractivity contribution in [3.63, 3.8) is 0 Å². The summed E-state index contributed by atoms with van der Waals surface area (Å²) in [5.41, 5.74) is 2.20. The van der Waals surface area contributed by atoms with Gasteiger partial charge in [0.25, 0.3) is 5.56 Å². The molecule has 0 aliphatic carbocycles. The summed E-state index contributed by atoms with van der Waals surface area (Å²) in [6.07, 6.45) is 4.15. The first-order chi connectivity index (χ1) is 18.0.